The molecule has 1 amide bonds. The lowest BCUT2D eigenvalue weighted by Gasteiger charge is -2.41. The zero-order valence-electron chi connectivity index (χ0n) is 12.7. The van der Waals surface area contributed by atoms with Crippen LogP contribution in [0.2, 0.25) is 18.1 Å². The molecular weight excluding hydrogens is 262 g/mol. The van der Waals surface area contributed by atoms with E-state index in [1.165, 1.54) is 0 Å². The quantitative estimate of drug-likeness (QED) is 0.777. The van der Waals surface area contributed by atoms with Crippen LogP contribution >= 0.6 is 0 Å². The fourth-order valence-corrected chi connectivity index (χ4v) is 3.70. The van der Waals surface area contributed by atoms with Crippen LogP contribution in [0.3, 0.4) is 0 Å². The minimum absolute atomic E-state index is 0.0151. The molecule has 19 heavy (non-hydrogen) atoms. The maximum Gasteiger partial charge on any atom is 0.305 e. The van der Waals surface area contributed by atoms with Crippen molar-refractivity contribution >= 4 is 20.2 Å². The molecule has 0 radical (unpaired) electrons. The summed E-state index contributed by atoms with van der Waals surface area (Å²) in [5.41, 5.74) is -0.900. The van der Waals surface area contributed by atoms with Gasteiger partial charge in [-0.05, 0) is 25.1 Å². The Bertz CT molecular complexity index is 389. The van der Waals surface area contributed by atoms with Gasteiger partial charge in [0.05, 0.1) is 6.42 Å². The van der Waals surface area contributed by atoms with Gasteiger partial charge in [0.2, 0.25) is 0 Å². The Morgan fingerprint density at radius 1 is 1.53 bits per heavy atom. The van der Waals surface area contributed by atoms with E-state index in [2.05, 4.69) is 39.2 Å². The number of aliphatic carboxylic acids is 1. The van der Waals surface area contributed by atoms with Crippen LogP contribution in [-0.2, 0) is 14.0 Å². The molecule has 0 aromatic rings. The lowest BCUT2D eigenvalue weighted by molar-refractivity contribution is -0.137. The molecule has 1 aliphatic rings. The summed E-state index contributed by atoms with van der Waals surface area (Å²) in [6, 6.07) is -0.334. The van der Waals surface area contributed by atoms with Gasteiger partial charge in [-0.25, -0.2) is 0 Å². The largest absolute Gasteiger partial charge is 0.481 e. The summed E-state index contributed by atoms with van der Waals surface area (Å²) in [4.78, 5) is 22.8. The summed E-state index contributed by atoms with van der Waals surface area (Å²) in [5, 5.41) is 11.6. The summed E-state index contributed by atoms with van der Waals surface area (Å²) >= 11 is 0. The number of carboxylic acid groups (broad SMARTS) is 1. The van der Waals surface area contributed by atoms with Gasteiger partial charge in [-0.2, -0.15) is 0 Å². The van der Waals surface area contributed by atoms with Crippen LogP contribution in [0.4, 0.5) is 0 Å². The van der Waals surface area contributed by atoms with E-state index in [9.17, 15) is 9.59 Å². The van der Waals surface area contributed by atoms with Crippen LogP contribution < -0.4 is 5.32 Å². The molecule has 1 aliphatic heterocycles. The highest BCUT2D eigenvalue weighted by atomic mass is 28.4. The number of hydrogen-bond acceptors (Lipinski definition) is 3. The van der Waals surface area contributed by atoms with E-state index < -0.39 is 19.9 Å². The molecule has 1 heterocycles. The lowest BCUT2D eigenvalue weighted by Crippen LogP contribution is -2.51. The standard InChI is InChI=1S/C13H25NO4Si/c1-12(2,3)19(5,6)18-13(4)8-9(7-10(15)16)14-11(13)17/h9H,7-8H2,1-6H3,(H,14,17)(H,15,16)/t9-,13?/m1/s1. The van der Waals surface area contributed by atoms with Crippen LogP contribution in [0.1, 0.15) is 40.5 Å². The second-order valence-electron chi connectivity index (χ2n) is 7.07. The first-order chi connectivity index (χ1) is 8.37. The van der Waals surface area contributed by atoms with Crippen LogP contribution in [0, 0.1) is 0 Å². The molecule has 0 saturated carbocycles. The van der Waals surface area contributed by atoms with E-state index in [4.69, 9.17) is 9.53 Å². The fraction of sp³-hybridized carbons (Fsp3) is 0.846. The highest BCUT2D eigenvalue weighted by molar-refractivity contribution is 6.74. The van der Waals surface area contributed by atoms with Crippen molar-refractivity contribution in [2.45, 2.75) is 70.3 Å². The summed E-state index contributed by atoms with van der Waals surface area (Å²) in [6.45, 7) is 12.3. The van der Waals surface area contributed by atoms with Crippen molar-refractivity contribution in [2.24, 2.45) is 0 Å². The van der Waals surface area contributed by atoms with E-state index in [1.54, 1.807) is 6.92 Å². The third kappa shape index (κ3) is 3.57. The maximum atomic E-state index is 12.1. The summed E-state index contributed by atoms with van der Waals surface area (Å²) in [6.07, 6.45) is 0.368. The van der Waals surface area contributed by atoms with E-state index in [1.807, 2.05) is 0 Å². The van der Waals surface area contributed by atoms with Crippen molar-refractivity contribution in [1.82, 2.24) is 5.32 Å². The molecule has 5 nitrogen and oxygen atoms in total. The Labute approximate surface area is 115 Å². The predicted molar refractivity (Wildman–Crippen MR) is 75.5 cm³/mol. The van der Waals surface area contributed by atoms with Crippen LogP contribution in [0.5, 0.6) is 0 Å². The zero-order chi connectivity index (χ0) is 15.1. The van der Waals surface area contributed by atoms with Crippen molar-refractivity contribution in [3.05, 3.63) is 0 Å². The smallest absolute Gasteiger partial charge is 0.305 e. The first-order valence-electron chi connectivity index (χ1n) is 6.60. The van der Waals surface area contributed by atoms with E-state index in [0.29, 0.717) is 6.42 Å². The third-order valence-electron chi connectivity index (χ3n) is 4.16. The molecule has 0 spiro atoms. The molecular formula is C13H25NO4Si. The molecule has 0 bridgehead atoms. The molecule has 110 valence electrons. The highest BCUT2D eigenvalue weighted by Crippen LogP contribution is 2.41. The number of hydrogen-bond donors (Lipinski definition) is 2. The third-order valence-corrected chi connectivity index (χ3v) is 8.73. The Morgan fingerprint density at radius 2 is 2.05 bits per heavy atom. The Kier molecular flexibility index (Phi) is 4.17. The molecule has 2 N–H and O–H groups in total. The molecule has 0 aromatic carbocycles. The predicted octanol–water partition coefficient (Wildman–Crippen LogP) is 2.13. The minimum Gasteiger partial charge on any atom is -0.481 e. The number of carbonyl (C=O) groups is 2. The van der Waals surface area contributed by atoms with Crippen LogP contribution in [0.15, 0.2) is 0 Å². The second-order valence-corrected chi connectivity index (χ2v) is 11.8. The summed E-state index contributed by atoms with van der Waals surface area (Å²) < 4.78 is 6.21. The maximum absolute atomic E-state index is 12.1. The molecule has 2 atom stereocenters. The number of carbonyl (C=O) groups excluding carboxylic acids is 1. The first kappa shape index (κ1) is 16.2. The average Bonchev–Trinajstić information content (AvgIpc) is 2.36. The van der Waals surface area contributed by atoms with Gasteiger partial charge in [0, 0.05) is 12.5 Å². The van der Waals surface area contributed by atoms with Crippen LogP contribution in [-0.4, -0.2) is 36.9 Å². The van der Waals surface area contributed by atoms with Gasteiger partial charge in [-0.15, -0.1) is 0 Å². The first-order valence-corrected chi connectivity index (χ1v) is 9.51. The number of amides is 1. The molecule has 1 unspecified atom stereocenters. The topological polar surface area (TPSA) is 75.6 Å². The summed E-state index contributed by atoms with van der Waals surface area (Å²) in [5.74, 6) is -1.09. The van der Waals surface area contributed by atoms with Crippen molar-refractivity contribution in [3.8, 4) is 0 Å². The van der Waals surface area contributed by atoms with Gasteiger partial charge in [0.1, 0.15) is 5.60 Å². The lowest BCUT2D eigenvalue weighted by atomic mass is 10.0. The molecule has 6 heteroatoms. The average molecular weight is 287 g/mol. The van der Waals surface area contributed by atoms with Gasteiger partial charge in [-0.1, -0.05) is 20.8 Å². The second kappa shape index (κ2) is 4.90. The normalized spacial score (nSPS) is 28.3. The molecule has 0 aromatic heterocycles. The molecule has 1 saturated heterocycles. The molecule has 0 aliphatic carbocycles. The van der Waals surface area contributed by atoms with E-state index in [-0.39, 0.29) is 23.4 Å². The number of nitrogens with one attached hydrogen (secondary N) is 1. The highest BCUT2D eigenvalue weighted by Gasteiger charge is 2.50. The van der Waals surface area contributed by atoms with Gasteiger partial charge >= 0.3 is 5.97 Å². The molecule has 1 fully saturated rings. The zero-order valence-corrected chi connectivity index (χ0v) is 13.7. The van der Waals surface area contributed by atoms with E-state index in [0.717, 1.165) is 0 Å². The van der Waals surface area contributed by atoms with Gasteiger partial charge in [0.15, 0.2) is 8.32 Å². The van der Waals surface area contributed by atoms with Crippen LogP contribution in [0.25, 0.3) is 0 Å². The van der Waals surface area contributed by atoms with Crippen molar-refractivity contribution in [2.75, 3.05) is 0 Å². The molecule has 1 rings (SSSR count). The Balaban J connectivity index is 2.83. The monoisotopic (exact) mass is 287 g/mol. The van der Waals surface area contributed by atoms with E-state index >= 15 is 0 Å². The van der Waals surface area contributed by atoms with Gasteiger partial charge in [0.25, 0.3) is 5.91 Å². The fourth-order valence-electron chi connectivity index (χ4n) is 2.09. The van der Waals surface area contributed by atoms with Gasteiger partial charge in [-0.3, -0.25) is 9.59 Å². The SMILES string of the molecule is CC1(O[Si](C)(C)C(C)(C)C)C[C@@H](CC(=O)O)NC1=O. The Morgan fingerprint density at radius 3 is 2.47 bits per heavy atom. The van der Waals surface area contributed by atoms with Crippen molar-refractivity contribution in [3.63, 3.8) is 0 Å². The Hall–Kier alpha value is -0.883. The van der Waals surface area contributed by atoms with Gasteiger partial charge < -0.3 is 14.8 Å². The number of rotatable bonds is 4. The minimum atomic E-state index is -2.06. The van der Waals surface area contributed by atoms with Crippen molar-refractivity contribution in [1.29, 1.82) is 0 Å². The summed E-state index contributed by atoms with van der Waals surface area (Å²) in [7, 11) is -2.06. The van der Waals surface area contributed by atoms with Crippen molar-refractivity contribution < 1.29 is 19.1 Å². The number of carboxylic acids is 1.